The summed E-state index contributed by atoms with van der Waals surface area (Å²) in [5.74, 6) is -18.2. The average molecular weight is 587 g/mol. The van der Waals surface area contributed by atoms with Gasteiger partial charge in [-0.3, -0.25) is 0 Å². The molecule has 222 valence electrons. The topological polar surface area (TPSA) is 75.0 Å². The SMILES string of the molecule is C=CC(=O)OCC(F)(F)C(F)(F)C(F)(F)COc1ccc2cc(-c3ccc(CCCCC)cc3OC)c(=O)oc2c1. The maximum Gasteiger partial charge on any atom is 0.378 e. The first-order chi connectivity index (χ1) is 19.3. The zero-order valence-corrected chi connectivity index (χ0v) is 22.3. The Morgan fingerprint density at radius 1 is 0.951 bits per heavy atom. The molecule has 6 nitrogen and oxygen atoms in total. The van der Waals surface area contributed by atoms with Gasteiger partial charge in [-0.2, -0.15) is 26.3 Å². The summed E-state index contributed by atoms with van der Waals surface area (Å²) in [5, 5.41) is 0.341. The number of carbonyl (C=O) groups excluding carboxylic acids is 1. The monoisotopic (exact) mass is 586 g/mol. The Hall–Kier alpha value is -3.96. The fourth-order valence-corrected chi connectivity index (χ4v) is 3.91. The molecular formula is C29H28F6O6. The smallest absolute Gasteiger partial charge is 0.378 e. The standard InChI is InChI=1S/C29H28F6O6/c1-4-6-7-8-18-9-12-21(24(13-18)38-3)22-14-19-10-11-20(15-23(19)41-26(22)37)39-16-27(30,31)29(34,35)28(32,33)17-40-25(36)5-2/h5,9-15H,2,4,6-8,16-17H2,1,3H3. The molecule has 3 aromatic rings. The fraction of sp³-hybridized carbons (Fsp3) is 0.379. The number of fused-ring (bicyclic) bond motifs is 1. The molecule has 0 bridgehead atoms. The summed E-state index contributed by atoms with van der Waals surface area (Å²) in [7, 11) is 1.46. The molecule has 0 aliphatic rings. The van der Waals surface area contributed by atoms with Crippen molar-refractivity contribution < 1.29 is 49.8 Å². The fourth-order valence-electron chi connectivity index (χ4n) is 3.91. The van der Waals surface area contributed by atoms with Gasteiger partial charge in [0.25, 0.3) is 0 Å². The minimum Gasteiger partial charge on any atom is -0.496 e. The predicted octanol–water partition coefficient (Wildman–Crippen LogP) is 7.22. The Balaban J connectivity index is 1.81. The van der Waals surface area contributed by atoms with E-state index in [-0.39, 0.29) is 11.1 Å². The van der Waals surface area contributed by atoms with Gasteiger partial charge >= 0.3 is 29.4 Å². The third-order valence-corrected chi connectivity index (χ3v) is 6.23. The Morgan fingerprint density at radius 2 is 1.66 bits per heavy atom. The maximum absolute atomic E-state index is 14.2. The average Bonchev–Trinajstić information content (AvgIpc) is 2.94. The van der Waals surface area contributed by atoms with Crippen LogP contribution >= 0.6 is 0 Å². The molecule has 2 aromatic carbocycles. The van der Waals surface area contributed by atoms with E-state index in [1.807, 2.05) is 12.1 Å². The summed E-state index contributed by atoms with van der Waals surface area (Å²) in [4.78, 5) is 23.7. The van der Waals surface area contributed by atoms with E-state index in [1.165, 1.54) is 19.2 Å². The quantitative estimate of drug-likeness (QED) is 0.0653. The molecule has 0 N–H and O–H groups in total. The van der Waals surface area contributed by atoms with Gasteiger partial charge < -0.3 is 18.6 Å². The van der Waals surface area contributed by atoms with Gasteiger partial charge in [-0.05, 0) is 42.7 Å². The number of alkyl halides is 6. The zero-order valence-electron chi connectivity index (χ0n) is 22.3. The summed E-state index contributed by atoms with van der Waals surface area (Å²) in [6.07, 6.45) is 4.39. The van der Waals surface area contributed by atoms with Gasteiger partial charge in [0.05, 0.1) is 12.7 Å². The molecule has 0 amide bonds. The number of benzene rings is 2. The maximum atomic E-state index is 14.2. The third-order valence-electron chi connectivity index (χ3n) is 6.23. The van der Waals surface area contributed by atoms with E-state index in [1.54, 1.807) is 6.07 Å². The van der Waals surface area contributed by atoms with Gasteiger partial charge in [0.15, 0.2) is 13.2 Å². The second-order valence-electron chi connectivity index (χ2n) is 9.22. The summed E-state index contributed by atoms with van der Waals surface area (Å²) in [6.45, 7) is 0.548. The van der Waals surface area contributed by atoms with E-state index in [9.17, 15) is 35.9 Å². The van der Waals surface area contributed by atoms with E-state index >= 15 is 0 Å². The first-order valence-electron chi connectivity index (χ1n) is 12.6. The van der Waals surface area contributed by atoms with E-state index < -0.39 is 48.3 Å². The first-order valence-corrected chi connectivity index (χ1v) is 12.6. The van der Waals surface area contributed by atoms with Crippen LogP contribution in [-0.2, 0) is 16.0 Å². The normalized spacial score (nSPS) is 12.3. The van der Waals surface area contributed by atoms with Gasteiger partial charge in [0.2, 0.25) is 0 Å². The van der Waals surface area contributed by atoms with Crippen molar-refractivity contribution in [3.05, 3.63) is 71.1 Å². The van der Waals surface area contributed by atoms with E-state index in [4.69, 9.17) is 9.15 Å². The van der Waals surface area contributed by atoms with Crippen molar-refractivity contribution in [3.63, 3.8) is 0 Å². The zero-order chi connectivity index (χ0) is 30.4. The molecule has 0 spiro atoms. The molecule has 0 aliphatic carbocycles. The molecular weight excluding hydrogens is 558 g/mol. The van der Waals surface area contributed by atoms with Crippen molar-refractivity contribution in [3.8, 4) is 22.6 Å². The minimum atomic E-state index is -5.94. The van der Waals surface area contributed by atoms with Gasteiger partial charge in [0, 0.05) is 23.1 Å². The molecule has 3 rings (SSSR count). The number of rotatable bonds is 14. The van der Waals surface area contributed by atoms with Gasteiger partial charge in [0.1, 0.15) is 17.1 Å². The van der Waals surface area contributed by atoms with E-state index in [0.717, 1.165) is 43.4 Å². The summed E-state index contributed by atoms with van der Waals surface area (Å²) < 4.78 is 103. The van der Waals surface area contributed by atoms with Crippen LogP contribution in [0.15, 0.2) is 64.3 Å². The van der Waals surface area contributed by atoms with Crippen LogP contribution in [0.2, 0.25) is 0 Å². The van der Waals surface area contributed by atoms with E-state index in [2.05, 4.69) is 23.0 Å². The number of aryl methyl sites for hydroxylation is 1. The lowest BCUT2D eigenvalue weighted by Crippen LogP contribution is -2.58. The molecule has 1 heterocycles. The third kappa shape index (κ3) is 7.04. The van der Waals surface area contributed by atoms with Crippen molar-refractivity contribution in [1.29, 1.82) is 0 Å². The van der Waals surface area contributed by atoms with Gasteiger partial charge in [-0.25, -0.2) is 9.59 Å². The number of unbranched alkanes of at least 4 members (excludes halogenated alkanes) is 2. The lowest BCUT2D eigenvalue weighted by atomic mass is 10.00. The lowest BCUT2D eigenvalue weighted by molar-refractivity contribution is -0.322. The molecule has 0 saturated heterocycles. The van der Waals surface area contributed by atoms with Gasteiger partial charge in [-0.1, -0.05) is 38.5 Å². The number of halogens is 6. The van der Waals surface area contributed by atoms with Gasteiger partial charge in [-0.15, -0.1) is 0 Å². The molecule has 0 radical (unpaired) electrons. The second kappa shape index (κ2) is 12.7. The Bertz CT molecular complexity index is 1450. The predicted molar refractivity (Wildman–Crippen MR) is 139 cm³/mol. The molecule has 1 aromatic heterocycles. The summed E-state index contributed by atoms with van der Waals surface area (Å²) in [6, 6.07) is 10.3. The van der Waals surface area contributed by atoms with Crippen LogP contribution in [0.3, 0.4) is 0 Å². The molecule has 0 fully saturated rings. The molecule has 0 atom stereocenters. The number of carbonyl (C=O) groups is 1. The van der Waals surface area contributed by atoms with E-state index in [0.29, 0.717) is 22.8 Å². The van der Waals surface area contributed by atoms with Crippen LogP contribution in [0.1, 0.15) is 31.7 Å². The van der Waals surface area contributed by atoms with Crippen molar-refractivity contribution >= 4 is 16.9 Å². The molecule has 41 heavy (non-hydrogen) atoms. The van der Waals surface area contributed by atoms with Crippen LogP contribution < -0.4 is 15.1 Å². The van der Waals surface area contributed by atoms with Crippen LogP contribution in [0, 0.1) is 0 Å². The Morgan fingerprint density at radius 3 is 2.32 bits per heavy atom. The largest absolute Gasteiger partial charge is 0.496 e. The number of hydrogen-bond acceptors (Lipinski definition) is 6. The van der Waals surface area contributed by atoms with Crippen molar-refractivity contribution in [2.75, 3.05) is 20.3 Å². The van der Waals surface area contributed by atoms with Crippen molar-refractivity contribution in [2.24, 2.45) is 0 Å². The number of hydrogen-bond donors (Lipinski definition) is 0. The Labute approximate surface area is 231 Å². The van der Waals surface area contributed by atoms with Crippen LogP contribution in [0.5, 0.6) is 11.5 Å². The first kappa shape index (κ1) is 31.6. The lowest BCUT2D eigenvalue weighted by Gasteiger charge is -2.32. The Kier molecular flexibility index (Phi) is 9.77. The van der Waals surface area contributed by atoms with Crippen molar-refractivity contribution in [2.45, 2.75) is 50.4 Å². The van der Waals surface area contributed by atoms with Crippen molar-refractivity contribution in [1.82, 2.24) is 0 Å². The highest BCUT2D eigenvalue weighted by atomic mass is 19.3. The molecule has 12 heteroatoms. The van der Waals surface area contributed by atoms with Crippen LogP contribution in [0.25, 0.3) is 22.1 Å². The highest BCUT2D eigenvalue weighted by molar-refractivity contribution is 5.84. The number of ether oxygens (including phenoxy) is 3. The molecule has 0 saturated carbocycles. The highest BCUT2D eigenvalue weighted by Crippen LogP contribution is 2.46. The molecule has 0 unspecified atom stereocenters. The number of methoxy groups -OCH3 is 1. The summed E-state index contributed by atoms with van der Waals surface area (Å²) >= 11 is 0. The highest BCUT2D eigenvalue weighted by Gasteiger charge is 2.72. The minimum absolute atomic E-state index is 0.122. The van der Waals surface area contributed by atoms with Crippen LogP contribution in [0.4, 0.5) is 26.3 Å². The molecule has 0 aliphatic heterocycles. The second-order valence-corrected chi connectivity index (χ2v) is 9.22. The summed E-state index contributed by atoms with van der Waals surface area (Å²) in [5.41, 5.74) is 0.738. The number of esters is 1. The van der Waals surface area contributed by atoms with Crippen LogP contribution in [-0.4, -0.2) is 44.1 Å².